The van der Waals surface area contributed by atoms with Crippen molar-refractivity contribution in [2.45, 2.75) is 6.92 Å². The van der Waals surface area contributed by atoms with Gasteiger partial charge in [-0.2, -0.15) is 0 Å². The Morgan fingerprint density at radius 3 is 2.85 bits per heavy atom. The van der Waals surface area contributed by atoms with Gasteiger partial charge in [0.15, 0.2) is 0 Å². The first-order valence-corrected chi connectivity index (χ1v) is 6.94. The molecule has 0 aliphatic carbocycles. The minimum Gasteiger partial charge on any atom is -0.351 e. The number of aromatic amines is 1. The molecule has 0 saturated heterocycles. The zero-order valence-electron chi connectivity index (χ0n) is 10.8. The second-order valence-electron chi connectivity index (χ2n) is 4.54. The smallest absolute Gasteiger partial charge is 0.273 e. The van der Waals surface area contributed by atoms with E-state index < -0.39 is 0 Å². The number of carbonyl (C=O) groups excluding carboxylic acids is 1. The molecule has 4 nitrogen and oxygen atoms in total. The number of para-hydroxylation sites is 1. The van der Waals surface area contributed by atoms with Crippen molar-refractivity contribution in [3.05, 3.63) is 58.3 Å². The van der Waals surface area contributed by atoms with Gasteiger partial charge in [-0.3, -0.25) is 4.79 Å². The Labute approximate surface area is 124 Å². The lowest BCUT2D eigenvalue weighted by atomic mass is 10.2. The lowest BCUT2D eigenvalue weighted by Gasteiger charge is -2.04. The van der Waals surface area contributed by atoms with Crippen LogP contribution in [0.1, 0.15) is 16.1 Å². The molecule has 2 N–H and O–H groups in total. The summed E-state index contributed by atoms with van der Waals surface area (Å²) in [7, 11) is 0. The van der Waals surface area contributed by atoms with Crippen LogP contribution in [-0.4, -0.2) is 15.9 Å². The van der Waals surface area contributed by atoms with E-state index in [0.29, 0.717) is 11.5 Å². The third-order valence-corrected chi connectivity index (χ3v) is 3.89. The fourth-order valence-electron chi connectivity index (χ4n) is 1.99. The number of aromatic nitrogens is 2. The Morgan fingerprint density at radius 1 is 1.30 bits per heavy atom. The van der Waals surface area contributed by atoms with Crippen LogP contribution in [0.25, 0.3) is 10.9 Å². The molecule has 0 fully saturated rings. The van der Waals surface area contributed by atoms with Gasteiger partial charge in [-0.25, -0.2) is 4.98 Å². The number of halogens is 1. The number of amides is 1. The SMILES string of the molecule is Cc1cc(NC(=O)c2cc3ccccc3[nH]2)ncc1Br. The Kier molecular flexibility index (Phi) is 3.28. The standard InChI is InChI=1S/C15H12BrN3O/c1-9-6-14(17-8-11(9)16)19-15(20)13-7-10-4-2-3-5-12(10)18-13/h2-8,18H,1H3,(H,17,19,20). The van der Waals surface area contributed by atoms with Crippen LogP contribution < -0.4 is 5.32 Å². The molecule has 5 heteroatoms. The van der Waals surface area contributed by atoms with Gasteiger partial charge in [-0.1, -0.05) is 18.2 Å². The molecule has 0 spiro atoms. The highest BCUT2D eigenvalue weighted by molar-refractivity contribution is 9.10. The zero-order valence-corrected chi connectivity index (χ0v) is 12.4. The molecule has 2 heterocycles. The van der Waals surface area contributed by atoms with Crippen molar-refractivity contribution in [1.82, 2.24) is 9.97 Å². The number of hydrogen-bond donors (Lipinski definition) is 2. The van der Waals surface area contributed by atoms with Crippen LogP contribution in [0.5, 0.6) is 0 Å². The molecule has 1 aromatic carbocycles. The number of aryl methyl sites for hydroxylation is 1. The number of hydrogen-bond acceptors (Lipinski definition) is 2. The summed E-state index contributed by atoms with van der Waals surface area (Å²) in [4.78, 5) is 19.4. The zero-order chi connectivity index (χ0) is 14.1. The molecule has 0 aliphatic rings. The maximum absolute atomic E-state index is 12.2. The van der Waals surface area contributed by atoms with Gasteiger partial charge in [0.1, 0.15) is 11.5 Å². The molecule has 0 bridgehead atoms. The summed E-state index contributed by atoms with van der Waals surface area (Å²) in [5.74, 6) is 0.338. The molecular weight excluding hydrogens is 318 g/mol. The number of fused-ring (bicyclic) bond motifs is 1. The Bertz CT molecular complexity index is 762. The number of nitrogens with one attached hydrogen (secondary N) is 2. The first-order valence-electron chi connectivity index (χ1n) is 6.15. The van der Waals surface area contributed by atoms with Gasteiger partial charge < -0.3 is 10.3 Å². The molecule has 1 amide bonds. The van der Waals surface area contributed by atoms with Gasteiger partial charge in [0.2, 0.25) is 0 Å². The average Bonchev–Trinajstić information content (AvgIpc) is 2.87. The third-order valence-electron chi connectivity index (χ3n) is 3.06. The van der Waals surface area contributed by atoms with Crippen molar-refractivity contribution in [3.63, 3.8) is 0 Å². The van der Waals surface area contributed by atoms with E-state index in [1.807, 2.05) is 43.3 Å². The van der Waals surface area contributed by atoms with Crippen LogP contribution in [-0.2, 0) is 0 Å². The minimum atomic E-state index is -0.199. The number of anilines is 1. The second kappa shape index (κ2) is 5.09. The summed E-state index contributed by atoms with van der Waals surface area (Å²) in [6.45, 7) is 1.95. The molecule has 3 aromatic rings. The average molecular weight is 330 g/mol. The van der Waals surface area contributed by atoms with Crippen molar-refractivity contribution in [2.24, 2.45) is 0 Å². The lowest BCUT2D eigenvalue weighted by Crippen LogP contribution is -2.13. The monoisotopic (exact) mass is 329 g/mol. The Morgan fingerprint density at radius 2 is 2.10 bits per heavy atom. The van der Waals surface area contributed by atoms with Crippen molar-refractivity contribution in [2.75, 3.05) is 5.32 Å². The van der Waals surface area contributed by atoms with E-state index in [4.69, 9.17) is 0 Å². The maximum Gasteiger partial charge on any atom is 0.273 e. The first-order chi connectivity index (χ1) is 9.63. The van der Waals surface area contributed by atoms with Gasteiger partial charge >= 0.3 is 0 Å². The molecule has 100 valence electrons. The fourth-order valence-corrected chi connectivity index (χ4v) is 2.20. The fraction of sp³-hybridized carbons (Fsp3) is 0.0667. The van der Waals surface area contributed by atoms with Crippen LogP contribution in [0.4, 0.5) is 5.82 Å². The van der Waals surface area contributed by atoms with E-state index in [-0.39, 0.29) is 5.91 Å². The molecule has 0 aliphatic heterocycles. The van der Waals surface area contributed by atoms with E-state index in [0.717, 1.165) is 20.9 Å². The molecule has 20 heavy (non-hydrogen) atoms. The normalized spacial score (nSPS) is 10.7. The summed E-state index contributed by atoms with van der Waals surface area (Å²) < 4.78 is 0.918. The summed E-state index contributed by atoms with van der Waals surface area (Å²) in [6, 6.07) is 11.4. The number of nitrogens with zero attached hydrogens (tertiary/aromatic N) is 1. The number of H-pyrrole nitrogens is 1. The minimum absolute atomic E-state index is 0.199. The highest BCUT2D eigenvalue weighted by atomic mass is 79.9. The third kappa shape index (κ3) is 2.44. The lowest BCUT2D eigenvalue weighted by molar-refractivity contribution is 0.102. The maximum atomic E-state index is 12.2. The highest BCUT2D eigenvalue weighted by Crippen LogP contribution is 2.19. The van der Waals surface area contributed by atoms with E-state index in [1.165, 1.54) is 0 Å². The van der Waals surface area contributed by atoms with Gasteiger partial charge in [-0.15, -0.1) is 0 Å². The number of carbonyl (C=O) groups is 1. The van der Waals surface area contributed by atoms with Crippen molar-refractivity contribution in [1.29, 1.82) is 0 Å². The largest absolute Gasteiger partial charge is 0.351 e. The number of pyridine rings is 1. The van der Waals surface area contributed by atoms with Crippen LogP contribution in [0.15, 0.2) is 47.1 Å². The Balaban J connectivity index is 1.86. The molecule has 0 atom stereocenters. The first kappa shape index (κ1) is 12.9. The summed E-state index contributed by atoms with van der Waals surface area (Å²) in [5, 5.41) is 3.80. The molecule has 0 unspecified atom stereocenters. The molecule has 2 aromatic heterocycles. The predicted octanol–water partition coefficient (Wildman–Crippen LogP) is 3.89. The van der Waals surface area contributed by atoms with Crippen molar-refractivity contribution < 1.29 is 4.79 Å². The summed E-state index contributed by atoms with van der Waals surface area (Å²) >= 11 is 3.38. The molecular formula is C15H12BrN3O. The van der Waals surface area contributed by atoms with Gasteiger partial charge in [0.05, 0.1) is 0 Å². The van der Waals surface area contributed by atoms with E-state index in [9.17, 15) is 4.79 Å². The van der Waals surface area contributed by atoms with Gasteiger partial charge in [-0.05, 0) is 46.6 Å². The van der Waals surface area contributed by atoms with Gasteiger partial charge in [0, 0.05) is 21.6 Å². The molecule has 3 rings (SSSR count). The number of benzene rings is 1. The van der Waals surface area contributed by atoms with E-state index in [2.05, 4.69) is 31.2 Å². The summed E-state index contributed by atoms with van der Waals surface area (Å²) in [6.07, 6.45) is 1.68. The van der Waals surface area contributed by atoms with Gasteiger partial charge in [0.25, 0.3) is 5.91 Å². The predicted molar refractivity (Wildman–Crippen MR) is 82.9 cm³/mol. The quantitative estimate of drug-likeness (QED) is 0.749. The van der Waals surface area contributed by atoms with Crippen LogP contribution in [0.3, 0.4) is 0 Å². The highest BCUT2D eigenvalue weighted by Gasteiger charge is 2.10. The van der Waals surface area contributed by atoms with Crippen molar-refractivity contribution in [3.8, 4) is 0 Å². The Hall–Kier alpha value is -2.14. The summed E-state index contributed by atoms with van der Waals surface area (Å²) in [5.41, 5.74) is 2.48. The van der Waals surface area contributed by atoms with Crippen LogP contribution in [0.2, 0.25) is 0 Å². The van der Waals surface area contributed by atoms with E-state index in [1.54, 1.807) is 6.20 Å². The molecule has 0 radical (unpaired) electrons. The molecule has 0 saturated carbocycles. The number of rotatable bonds is 2. The second-order valence-corrected chi connectivity index (χ2v) is 5.40. The topological polar surface area (TPSA) is 57.8 Å². The van der Waals surface area contributed by atoms with Crippen LogP contribution in [0, 0.1) is 6.92 Å². The van der Waals surface area contributed by atoms with E-state index >= 15 is 0 Å². The van der Waals surface area contributed by atoms with Crippen molar-refractivity contribution >= 4 is 38.6 Å². The van der Waals surface area contributed by atoms with Crippen LogP contribution >= 0.6 is 15.9 Å².